The minimum Gasteiger partial charge on any atom is -0.330 e. The van der Waals surface area contributed by atoms with E-state index in [1.807, 2.05) is 40.9 Å². The molecule has 0 atom stereocenters. The van der Waals surface area contributed by atoms with Crippen molar-refractivity contribution in [1.29, 1.82) is 0 Å². The molecule has 0 aliphatic heterocycles. The first-order valence-electron chi connectivity index (χ1n) is 6.40. The quantitative estimate of drug-likeness (QED) is 0.764. The van der Waals surface area contributed by atoms with Crippen molar-refractivity contribution in [3.63, 3.8) is 0 Å². The number of para-hydroxylation sites is 1. The number of benzene rings is 1. The van der Waals surface area contributed by atoms with Crippen LogP contribution in [0.2, 0.25) is 0 Å². The molecule has 2 heterocycles. The maximum atomic E-state index is 5.55. The number of hydrogen-bond acceptors (Lipinski definition) is 3. The number of hydrogen-bond donors (Lipinski definition) is 1. The van der Waals surface area contributed by atoms with Crippen LogP contribution in [0.5, 0.6) is 0 Å². The number of fused-ring (bicyclic) bond motifs is 1. The molecule has 2 aromatic heterocycles. The summed E-state index contributed by atoms with van der Waals surface area (Å²) in [5.41, 5.74) is 8.90. The third-order valence-electron chi connectivity index (χ3n) is 3.27. The summed E-state index contributed by atoms with van der Waals surface area (Å²) in [5.74, 6) is 0. The first-order chi connectivity index (χ1) is 9.28. The number of aryl methyl sites for hydroxylation is 1. The SMILES string of the molecule is Cn1nc(Cn2cc(CCN)cn2)c2ccccc21. The van der Waals surface area contributed by atoms with E-state index in [0.29, 0.717) is 13.1 Å². The maximum Gasteiger partial charge on any atom is 0.0918 e. The summed E-state index contributed by atoms with van der Waals surface area (Å²) in [4.78, 5) is 0. The van der Waals surface area contributed by atoms with Crippen molar-refractivity contribution in [3.05, 3.63) is 47.9 Å². The van der Waals surface area contributed by atoms with Crippen LogP contribution < -0.4 is 5.73 Å². The Labute approximate surface area is 111 Å². The lowest BCUT2D eigenvalue weighted by atomic mass is 10.2. The van der Waals surface area contributed by atoms with Crippen LogP contribution in [0.15, 0.2) is 36.7 Å². The van der Waals surface area contributed by atoms with Gasteiger partial charge in [-0.3, -0.25) is 9.36 Å². The van der Waals surface area contributed by atoms with E-state index in [0.717, 1.165) is 17.6 Å². The van der Waals surface area contributed by atoms with Gasteiger partial charge in [0.2, 0.25) is 0 Å². The average molecular weight is 255 g/mol. The predicted molar refractivity (Wildman–Crippen MR) is 74.8 cm³/mol. The normalized spacial score (nSPS) is 11.3. The number of nitrogens with two attached hydrogens (primary N) is 1. The molecule has 0 spiro atoms. The molecule has 0 radical (unpaired) electrons. The molecule has 0 bridgehead atoms. The van der Waals surface area contributed by atoms with Crippen molar-refractivity contribution in [3.8, 4) is 0 Å². The fourth-order valence-corrected chi connectivity index (χ4v) is 2.35. The topological polar surface area (TPSA) is 61.7 Å². The smallest absolute Gasteiger partial charge is 0.0918 e. The van der Waals surface area contributed by atoms with Crippen molar-refractivity contribution in [2.24, 2.45) is 12.8 Å². The minimum atomic E-state index is 0.651. The van der Waals surface area contributed by atoms with Gasteiger partial charge in [0.05, 0.1) is 24.0 Å². The summed E-state index contributed by atoms with van der Waals surface area (Å²) in [6, 6.07) is 8.24. The van der Waals surface area contributed by atoms with Gasteiger partial charge in [0, 0.05) is 18.6 Å². The van der Waals surface area contributed by atoms with Crippen molar-refractivity contribution in [2.45, 2.75) is 13.0 Å². The first kappa shape index (κ1) is 11.9. The molecular formula is C14H17N5. The summed E-state index contributed by atoms with van der Waals surface area (Å²) in [6.07, 6.45) is 4.78. The fourth-order valence-electron chi connectivity index (χ4n) is 2.35. The fraction of sp³-hybridized carbons (Fsp3) is 0.286. The van der Waals surface area contributed by atoms with Gasteiger partial charge in [0.25, 0.3) is 0 Å². The van der Waals surface area contributed by atoms with Crippen LogP contribution in [0.4, 0.5) is 0 Å². The highest BCUT2D eigenvalue weighted by Gasteiger charge is 2.08. The molecule has 1 aromatic carbocycles. The van der Waals surface area contributed by atoms with Gasteiger partial charge in [-0.05, 0) is 24.6 Å². The molecule has 0 aliphatic rings. The number of rotatable bonds is 4. The first-order valence-corrected chi connectivity index (χ1v) is 6.40. The van der Waals surface area contributed by atoms with Crippen LogP contribution in [-0.4, -0.2) is 26.1 Å². The van der Waals surface area contributed by atoms with E-state index in [-0.39, 0.29) is 0 Å². The number of aromatic nitrogens is 4. The van der Waals surface area contributed by atoms with Crippen LogP contribution in [-0.2, 0) is 20.0 Å². The summed E-state index contributed by atoms with van der Waals surface area (Å²) >= 11 is 0. The molecule has 5 heteroatoms. The molecule has 0 unspecified atom stereocenters. The van der Waals surface area contributed by atoms with Gasteiger partial charge < -0.3 is 5.73 Å². The maximum absolute atomic E-state index is 5.55. The highest BCUT2D eigenvalue weighted by atomic mass is 15.3. The van der Waals surface area contributed by atoms with Gasteiger partial charge in [0.1, 0.15) is 0 Å². The minimum absolute atomic E-state index is 0.651. The van der Waals surface area contributed by atoms with E-state index in [2.05, 4.69) is 22.3 Å². The zero-order chi connectivity index (χ0) is 13.2. The largest absolute Gasteiger partial charge is 0.330 e. The molecule has 0 saturated carbocycles. The molecule has 5 nitrogen and oxygen atoms in total. The van der Waals surface area contributed by atoms with E-state index >= 15 is 0 Å². The van der Waals surface area contributed by atoms with E-state index in [4.69, 9.17) is 5.73 Å². The predicted octanol–water partition coefficient (Wildman–Crippen LogP) is 1.32. The molecular weight excluding hydrogens is 238 g/mol. The average Bonchev–Trinajstić information content (AvgIpc) is 2.97. The van der Waals surface area contributed by atoms with E-state index < -0.39 is 0 Å². The second-order valence-electron chi connectivity index (χ2n) is 4.67. The van der Waals surface area contributed by atoms with E-state index in [9.17, 15) is 0 Å². The Morgan fingerprint density at radius 2 is 2.11 bits per heavy atom. The molecule has 3 aromatic rings. The van der Waals surface area contributed by atoms with Crippen LogP contribution >= 0.6 is 0 Å². The standard InChI is InChI=1S/C14H17N5/c1-18-14-5-3-2-4-12(14)13(17-18)10-19-9-11(6-7-15)8-16-19/h2-5,8-9H,6-7,10,15H2,1H3. The molecule has 0 saturated heterocycles. The molecule has 0 aliphatic carbocycles. The van der Waals surface area contributed by atoms with Gasteiger partial charge in [-0.15, -0.1) is 0 Å². The molecule has 2 N–H and O–H groups in total. The second-order valence-corrected chi connectivity index (χ2v) is 4.67. The van der Waals surface area contributed by atoms with E-state index in [1.165, 1.54) is 10.9 Å². The van der Waals surface area contributed by atoms with Gasteiger partial charge >= 0.3 is 0 Å². The Morgan fingerprint density at radius 1 is 1.26 bits per heavy atom. The van der Waals surface area contributed by atoms with Crippen molar-refractivity contribution >= 4 is 10.9 Å². The summed E-state index contributed by atoms with van der Waals surface area (Å²) in [7, 11) is 1.97. The zero-order valence-electron chi connectivity index (χ0n) is 11.0. The third-order valence-corrected chi connectivity index (χ3v) is 3.27. The molecule has 98 valence electrons. The van der Waals surface area contributed by atoms with Crippen molar-refractivity contribution in [1.82, 2.24) is 19.6 Å². The van der Waals surface area contributed by atoms with Crippen molar-refractivity contribution in [2.75, 3.05) is 6.54 Å². The molecule has 0 fully saturated rings. The summed E-state index contributed by atoms with van der Waals surface area (Å²) < 4.78 is 3.83. The Hall–Kier alpha value is -2.14. The van der Waals surface area contributed by atoms with Crippen LogP contribution in [0.3, 0.4) is 0 Å². The van der Waals surface area contributed by atoms with Gasteiger partial charge in [-0.1, -0.05) is 18.2 Å². The lowest BCUT2D eigenvalue weighted by molar-refractivity contribution is 0.655. The zero-order valence-corrected chi connectivity index (χ0v) is 11.0. The highest BCUT2D eigenvalue weighted by Crippen LogP contribution is 2.18. The van der Waals surface area contributed by atoms with E-state index in [1.54, 1.807) is 0 Å². The molecule has 3 rings (SSSR count). The van der Waals surface area contributed by atoms with Gasteiger partial charge in [-0.25, -0.2) is 0 Å². The highest BCUT2D eigenvalue weighted by molar-refractivity contribution is 5.81. The molecule has 19 heavy (non-hydrogen) atoms. The van der Waals surface area contributed by atoms with Crippen LogP contribution in [0, 0.1) is 0 Å². The lowest BCUT2D eigenvalue weighted by Crippen LogP contribution is -2.03. The third kappa shape index (κ3) is 2.24. The number of nitrogens with zero attached hydrogens (tertiary/aromatic N) is 4. The Morgan fingerprint density at radius 3 is 2.95 bits per heavy atom. The second kappa shape index (κ2) is 4.85. The Kier molecular flexibility index (Phi) is 3.05. The van der Waals surface area contributed by atoms with Crippen molar-refractivity contribution < 1.29 is 0 Å². The monoisotopic (exact) mass is 255 g/mol. The summed E-state index contributed by atoms with van der Waals surface area (Å²) in [6.45, 7) is 1.34. The molecule has 0 amide bonds. The summed E-state index contributed by atoms with van der Waals surface area (Å²) in [5, 5.41) is 10.1. The van der Waals surface area contributed by atoms with Gasteiger partial charge in [0.15, 0.2) is 0 Å². The lowest BCUT2D eigenvalue weighted by Gasteiger charge is -1.98. The van der Waals surface area contributed by atoms with Gasteiger partial charge in [-0.2, -0.15) is 10.2 Å². The Bertz CT molecular complexity index is 695. The van der Waals surface area contributed by atoms with Crippen LogP contribution in [0.25, 0.3) is 10.9 Å². The van der Waals surface area contributed by atoms with Crippen LogP contribution in [0.1, 0.15) is 11.3 Å². The Balaban J connectivity index is 1.92.